The number of nitrogens with zero attached hydrogens (tertiary/aromatic N) is 2. The van der Waals surface area contributed by atoms with Crippen LogP contribution in [0.25, 0.3) is 17.3 Å². The second-order valence-corrected chi connectivity index (χ2v) is 7.21. The van der Waals surface area contributed by atoms with E-state index in [9.17, 15) is 4.79 Å². The largest absolute Gasteiger partial charge is 0.295 e. The molecule has 4 rings (SSSR count). The maximum Gasteiger partial charge on any atom is 0.158 e. The molecule has 0 spiro atoms. The van der Waals surface area contributed by atoms with Crippen molar-refractivity contribution in [1.29, 1.82) is 0 Å². The van der Waals surface area contributed by atoms with Crippen molar-refractivity contribution in [2.75, 3.05) is 0 Å². The SMILES string of the molecule is CC1=NC(C)(c2cccc(-c3ccc(C=C4CCCC4=O)cc3)n2)C=C1. The third-order valence-corrected chi connectivity index (χ3v) is 5.08. The summed E-state index contributed by atoms with van der Waals surface area (Å²) in [7, 11) is 0. The lowest BCUT2D eigenvalue weighted by Crippen LogP contribution is -2.16. The van der Waals surface area contributed by atoms with Crippen molar-refractivity contribution in [3.8, 4) is 11.3 Å². The highest BCUT2D eigenvalue weighted by molar-refractivity contribution is 6.01. The van der Waals surface area contributed by atoms with E-state index in [4.69, 9.17) is 9.98 Å². The maximum atomic E-state index is 11.8. The summed E-state index contributed by atoms with van der Waals surface area (Å²) < 4.78 is 0. The van der Waals surface area contributed by atoms with Gasteiger partial charge in [-0.05, 0) is 68.2 Å². The van der Waals surface area contributed by atoms with E-state index >= 15 is 0 Å². The number of hydrogen-bond donors (Lipinski definition) is 0. The van der Waals surface area contributed by atoms with Crippen LogP contribution in [0.3, 0.4) is 0 Å². The minimum absolute atomic E-state index is 0.289. The Morgan fingerprint density at radius 1 is 1.08 bits per heavy atom. The van der Waals surface area contributed by atoms with E-state index in [0.717, 1.165) is 46.6 Å². The van der Waals surface area contributed by atoms with Crippen molar-refractivity contribution >= 4 is 17.6 Å². The fourth-order valence-corrected chi connectivity index (χ4v) is 3.59. The number of pyridine rings is 1. The average Bonchev–Trinajstić information content (AvgIpc) is 3.22. The zero-order valence-corrected chi connectivity index (χ0v) is 15.2. The molecule has 2 aliphatic rings. The first kappa shape index (κ1) is 16.6. The Morgan fingerprint density at radius 3 is 2.54 bits per heavy atom. The van der Waals surface area contributed by atoms with Gasteiger partial charge in [0.15, 0.2) is 5.78 Å². The van der Waals surface area contributed by atoms with E-state index in [2.05, 4.69) is 37.3 Å². The van der Waals surface area contributed by atoms with Gasteiger partial charge in [-0.3, -0.25) is 9.79 Å². The summed E-state index contributed by atoms with van der Waals surface area (Å²) >= 11 is 0. The Kier molecular flexibility index (Phi) is 4.15. The number of carbonyl (C=O) groups excluding carboxylic acids is 1. The zero-order valence-electron chi connectivity index (χ0n) is 15.2. The lowest BCUT2D eigenvalue weighted by atomic mass is 9.98. The van der Waals surface area contributed by atoms with Crippen molar-refractivity contribution < 1.29 is 4.79 Å². The van der Waals surface area contributed by atoms with E-state index in [0.29, 0.717) is 6.42 Å². The predicted molar refractivity (Wildman–Crippen MR) is 106 cm³/mol. The Bertz CT molecular complexity index is 950. The lowest BCUT2D eigenvalue weighted by molar-refractivity contribution is -0.114. The van der Waals surface area contributed by atoms with Crippen LogP contribution in [0.4, 0.5) is 0 Å². The fourth-order valence-electron chi connectivity index (χ4n) is 3.59. The maximum absolute atomic E-state index is 11.8. The smallest absolute Gasteiger partial charge is 0.158 e. The van der Waals surface area contributed by atoms with Gasteiger partial charge in [0.1, 0.15) is 5.54 Å². The van der Waals surface area contributed by atoms with E-state index < -0.39 is 0 Å². The van der Waals surface area contributed by atoms with Gasteiger partial charge in [-0.25, -0.2) is 4.98 Å². The van der Waals surface area contributed by atoms with Gasteiger partial charge >= 0.3 is 0 Å². The number of rotatable bonds is 3. The van der Waals surface area contributed by atoms with Gasteiger partial charge in [0.25, 0.3) is 0 Å². The normalized spacial score (nSPS) is 23.7. The molecule has 1 fully saturated rings. The summed E-state index contributed by atoms with van der Waals surface area (Å²) in [6, 6.07) is 14.3. The highest BCUT2D eigenvalue weighted by Gasteiger charge is 2.27. The van der Waals surface area contributed by atoms with Crippen molar-refractivity contribution in [2.45, 2.75) is 38.6 Å². The first-order valence-corrected chi connectivity index (χ1v) is 9.11. The van der Waals surface area contributed by atoms with Crippen molar-refractivity contribution in [3.63, 3.8) is 0 Å². The number of Topliss-reactive ketones (excluding diaryl/α,β-unsaturated/α-hetero) is 1. The molecule has 3 heteroatoms. The summed E-state index contributed by atoms with van der Waals surface area (Å²) in [6.45, 7) is 4.09. The summed E-state index contributed by atoms with van der Waals surface area (Å²) in [5.41, 5.74) is 5.62. The molecule has 1 saturated carbocycles. The van der Waals surface area contributed by atoms with Crippen LogP contribution in [0, 0.1) is 0 Å². The molecule has 0 saturated heterocycles. The van der Waals surface area contributed by atoms with Gasteiger partial charge in [-0.2, -0.15) is 0 Å². The van der Waals surface area contributed by atoms with Gasteiger partial charge in [0.2, 0.25) is 0 Å². The van der Waals surface area contributed by atoms with Crippen LogP contribution in [0.5, 0.6) is 0 Å². The molecule has 0 radical (unpaired) electrons. The van der Waals surface area contributed by atoms with Crippen LogP contribution < -0.4 is 0 Å². The Labute approximate surface area is 154 Å². The van der Waals surface area contributed by atoms with Crippen molar-refractivity contribution in [1.82, 2.24) is 4.98 Å². The van der Waals surface area contributed by atoms with Crippen LogP contribution in [-0.4, -0.2) is 16.5 Å². The van der Waals surface area contributed by atoms with Crippen LogP contribution in [-0.2, 0) is 10.3 Å². The van der Waals surface area contributed by atoms with E-state index in [1.54, 1.807) is 0 Å². The number of aromatic nitrogens is 1. The number of aliphatic imine (C=N–C) groups is 1. The van der Waals surface area contributed by atoms with Crippen LogP contribution in [0.15, 0.2) is 65.2 Å². The van der Waals surface area contributed by atoms with Gasteiger partial charge < -0.3 is 0 Å². The summed E-state index contributed by atoms with van der Waals surface area (Å²) in [5, 5.41) is 0. The molecule has 0 N–H and O–H groups in total. The molecule has 3 nitrogen and oxygen atoms in total. The topological polar surface area (TPSA) is 42.3 Å². The molecule has 1 aliphatic heterocycles. The minimum Gasteiger partial charge on any atom is -0.295 e. The molecule has 2 heterocycles. The molecule has 1 atom stereocenters. The highest BCUT2D eigenvalue weighted by atomic mass is 16.1. The van der Waals surface area contributed by atoms with Crippen LogP contribution >= 0.6 is 0 Å². The van der Waals surface area contributed by atoms with Gasteiger partial charge in [0.05, 0.1) is 11.4 Å². The fraction of sp³-hybridized carbons (Fsp3) is 0.261. The third-order valence-electron chi connectivity index (χ3n) is 5.08. The van der Waals surface area contributed by atoms with E-state index in [1.807, 2.05) is 37.3 Å². The number of ketones is 1. The average molecular weight is 342 g/mol. The second kappa shape index (κ2) is 6.49. The number of allylic oxidation sites excluding steroid dienone is 2. The summed E-state index contributed by atoms with van der Waals surface area (Å²) in [5.74, 6) is 0.289. The van der Waals surface area contributed by atoms with E-state index in [1.165, 1.54) is 0 Å². The Hall–Kier alpha value is -2.81. The second-order valence-electron chi connectivity index (χ2n) is 7.21. The molecule has 0 amide bonds. The van der Waals surface area contributed by atoms with Crippen molar-refractivity contribution in [3.05, 3.63) is 71.4 Å². The van der Waals surface area contributed by atoms with Gasteiger partial charge in [-0.15, -0.1) is 0 Å². The molecule has 1 aromatic carbocycles. The monoisotopic (exact) mass is 342 g/mol. The molecular weight excluding hydrogens is 320 g/mol. The number of carbonyl (C=O) groups is 1. The Balaban J connectivity index is 1.62. The first-order chi connectivity index (χ1) is 12.5. The van der Waals surface area contributed by atoms with Gasteiger partial charge in [-0.1, -0.05) is 30.3 Å². The predicted octanol–water partition coefficient (Wildman–Crippen LogP) is 5.13. The highest BCUT2D eigenvalue weighted by Crippen LogP contribution is 2.31. The quantitative estimate of drug-likeness (QED) is 0.726. The zero-order chi connectivity index (χ0) is 18.1. The third kappa shape index (κ3) is 3.17. The first-order valence-electron chi connectivity index (χ1n) is 9.11. The van der Waals surface area contributed by atoms with Crippen LogP contribution in [0.2, 0.25) is 0 Å². The van der Waals surface area contributed by atoms with Gasteiger partial charge in [0, 0.05) is 17.7 Å². The molecule has 0 bridgehead atoms. The van der Waals surface area contributed by atoms with Crippen molar-refractivity contribution in [2.24, 2.45) is 4.99 Å². The minimum atomic E-state index is -0.382. The molecule has 1 aromatic heterocycles. The lowest BCUT2D eigenvalue weighted by Gasteiger charge is -2.18. The van der Waals surface area contributed by atoms with E-state index in [-0.39, 0.29) is 11.3 Å². The number of benzene rings is 1. The molecule has 26 heavy (non-hydrogen) atoms. The van der Waals surface area contributed by atoms with Crippen LogP contribution in [0.1, 0.15) is 44.4 Å². The standard InChI is InChI=1S/C23H22N2O/c1-16-13-14-23(2,25-16)22-8-4-6-20(24-22)18-11-9-17(10-12-18)15-19-5-3-7-21(19)26/h4,6,8-15H,3,5,7H2,1-2H3. The summed E-state index contributed by atoms with van der Waals surface area (Å²) in [4.78, 5) is 21.3. The number of hydrogen-bond acceptors (Lipinski definition) is 3. The molecular formula is C23H22N2O. The molecule has 2 aromatic rings. The Morgan fingerprint density at radius 2 is 1.88 bits per heavy atom. The summed E-state index contributed by atoms with van der Waals surface area (Å²) in [6.07, 6.45) is 8.73. The molecule has 130 valence electrons. The molecule has 1 unspecified atom stereocenters. The molecule has 1 aliphatic carbocycles.